The van der Waals surface area contributed by atoms with Crippen LogP contribution < -0.4 is 0 Å². The van der Waals surface area contributed by atoms with Gasteiger partial charge in [0.15, 0.2) is 0 Å². The molecule has 0 bridgehead atoms. The van der Waals surface area contributed by atoms with Crippen LogP contribution in [-0.4, -0.2) is 49.3 Å². The number of nitrogens with zero attached hydrogens (tertiary/aromatic N) is 2. The van der Waals surface area contributed by atoms with E-state index in [2.05, 4.69) is 6.07 Å². The fourth-order valence-electron chi connectivity index (χ4n) is 2.38. The summed E-state index contributed by atoms with van der Waals surface area (Å²) in [6.45, 7) is 3.05. The van der Waals surface area contributed by atoms with Gasteiger partial charge in [-0.2, -0.15) is 5.26 Å². The number of amides is 1. The average Bonchev–Trinajstić information content (AvgIpc) is 2.29. The Hall–Kier alpha value is -1.12. The number of methoxy groups -OCH3 is 1. The summed E-state index contributed by atoms with van der Waals surface area (Å²) >= 11 is 0. The van der Waals surface area contributed by atoms with Crippen LogP contribution >= 0.6 is 0 Å². The molecule has 1 rings (SSSR count). The standard InChI is InChI=1S/C12H20N2O3/c1-10-7-12(8-10,9-13)11(16)14(3-5-15)4-6-17-2/h10,15H,3-8H2,1-2H3. The summed E-state index contributed by atoms with van der Waals surface area (Å²) in [6.07, 6.45) is 1.24. The minimum absolute atomic E-state index is 0.0908. The lowest BCUT2D eigenvalue weighted by Crippen LogP contribution is -2.51. The molecule has 0 aromatic rings. The predicted molar refractivity (Wildman–Crippen MR) is 62.0 cm³/mol. The first-order valence-electron chi connectivity index (χ1n) is 5.90. The Balaban J connectivity index is 2.66. The molecule has 0 aromatic carbocycles. The molecule has 1 saturated carbocycles. The van der Waals surface area contributed by atoms with Crippen LogP contribution in [0.1, 0.15) is 19.8 Å². The van der Waals surface area contributed by atoms with E-state index >= 15 is 0 Å². The number of carbonyl (C=O) groups is 1. The van der Waals surface area contributed by atoms with Crippen molar-refractivity contribution in [1.82, 2.24) is 4.90 Å². The molecule has 5 nitrogen and oxygen atoms in total. The monoisotopic (exact) mass is 240 g/mol. The largest absolute Gasteiger partial charge is 0.395 e. The number of hydrogen-bond donors (Lipinski definition) is 1. The lowest BCUT2D eigenvalue weighted by Gasteiger charge is -2.42. The molecule has 0 aliphatic heterocycles. The van der Waals surface area contributed by atoms with Gasteiger partial charge in [-0.1, -0.05) is 6.92 Å². The number of nitriles is 1. The Kier molecular flexibility index (Phi) is 4.91. The Labute approximate surface area is 102 Å². The third-order valence-electron chi connectivity index (χ3n) is 3.24. The second-order valence-electron chi connectivity index (χ2n) is 4.72. The first kappa shape index (κ1) is 13.9. The summed E-state index contributed by atoms with van der Waals surface area (Å²) in [4.78, 5) is 13.8. The van der Waals surface area contributed by atoms with Crippen LogP contribution in [0.5, 0.6) is 0 Å². The van der Waals surface area contributed by atoms with Crippen molar-refractivity contribution >= 4 is 5.91 Å². The molecule has 17 heavy (non-hydrogen) atoms. The maximum absolute atomic E-state index is 12.3. The topological polar surface area (TPSA) is 73.6 Å². The number of hydrogen-bond acceptors (Lipinski definition) is 4. The SMILES string of the molecule is COCCN(CCO)C(=O)C1(C#N)CC(C)C1. The molecule has 1 aliphatic rings. The molecule has 1 aliphatic carbocycles. The highest BCUT2D eigenvalue weighted by Gasteiger charge is 2.50. The van der Waals surface area contributed by atoms with Crippen molar-refractivity contribution in [3.05, 3.63) is 0 Å². The first-order chi connectivity index (χ1) is 8.09. The van der Waals surface area contributed by atoms with Gasteiger partial charge in [0, 0.05) is 20.2 Å². The van der Waals surface area contributed by atoms with E-state index in [0.717, 1.165) is 0 Å². The maximum Gasteiger partial charge on any atom is 0.243 e. The molecular weight excluding hydrogens is 220 g/mol. The molecule has 1 fully saturated rings. The Morgan fingerprint density at radius 3 is 2.65 bits per heavy atom. The van der Waals surface area contributed by atoms with E-state index in [1.165, 1.54) is 4.90 Å². The third-order valence-corrected chi connectivity index (χ3v) is 3.24. The summed E-state index contributed by atoms with van der Waals surface area (Å²) < 4.78 is 4.93. The molecule has 5 heteroatoms. The highest BCUT2D eigenvalue weighted by atomic mass is 16.5. The van der Waals surface area contributed by atoms with Gasteiger partial charge in [0.1, 0.15) is 5.41 Å². The van der Waals surface area contributed by atoms with Crippen LogP contribution in [0.15, 0.2) is 0 Å². The van der Waals surface area contributed by atoms with Crippen molar-refractivity contribution < 1.29 is 14.6 Å². The van der Waals surface area contributed by atoms with Crippen molar-refractivity contribution in [1.29, 1.82) is 5.26 Å². The lowest BCUT2D eigenvalue weighted by molar-refractivity contribution is -0.146. The third kappa shape index (κ3) is 2.96. The number of aliphatic hydroxyl groups is 1. The van der Waals surface area contributed by atoms with E-state index in [1.54, 1.807) is 7.11 Å². The average molecular weight is 240 g/mol. The molecule has 0 atom stereocenters. The van der Waals surface area contributed by atoms with Crippen LogP contribution in [0.2, 0.25) is 0 Å². The zero-order chi connectivity index (χ0) is 12.9. The number of rotatable bonds is 6. The van der Waals surface area contributed by atoms with E-state index < -0.39 is 5.41 Å². The van der Waals surface area contributed by atoms with Crippen molar-refractivity contribution in [2.75, 3.05) is 33.4 Å². The molecule has 0 unspecified atom stereocenters. The second-order valence-corrected chi connectivity index (χ2v) is 4.72. The van der Waals surface area contributed by atoms with Crippen molar-refractivity contribution in [2.45, 2.75) is 19.8 Å². The molecule has 96 valence electrons. The highest BCUT2D eigenvalue weighted by molar-refractivity contribution is 5.86. The van der Waals surface area contributed by atoms with Gasteiger partial charge < -0.3 is 14.7 Å². The second kappa shape index (κ2) is 5.99. The normalized spacial score (nSPS) is 27.1. The van der Waals surface area contributed by atoms with Crippen LogP contribution in [0.25, 0.3) is 0 Å². The zero-order valence-corrected chi connectivity index (χ0v) is 10.5. The predicted octanol–water partition coefficient (Wildman–Crippen LogP) is 0.394. The van der Waals surface area contributed by atoms with Crippen molar-refractivity contribution in [3.63, 3.8) is 0 Å². The van der Waals surface area contributed by atoms with Crippen LogP contribution in [0.3, 0.4) is 0 Å². The summed E-state index contributed by atoms with van der Waals surface area (Å²) in [7, 11) is 1.56. The van der Waals surface area contributed by atoms with E-state index in [4.69, 9.17) is 9.84 Å². The van der Waals surface area contributed by atoms with Gasteiger partial charge in [-0.15, -0.1) is 0 Å². The molecular formula is C12H20N2O3. The van der Waals surface area contributed by atoms with Gasteiger partial charge in [-0.3, -0.25) is 4.79 Å². The Bertz CT molecular complexity index is 305. The summed E-state index contributed by atoms with van der Waals surface area (Å²) in [5.74, 6) is 0.265. The van der Waals surface area contributed by atoms with E-state index in [-0.39, 0.29) is 19.1 Å². The van der Waals surface area contributed by atoms with Gasteiger partial charge in [0.25, 0.3) is 0 Å². The zero-order valence-electron chi connectivity index (χ0n) is 10.5. The van der Waals surface area contributed by atoms with Crippen molar-refractivity contribution in [2.24, 2.45) is 11.3 Å². The number of aliphatic hydroxyl groups excluding tert-OH is 1. The van der Waals surface area contributed by atoms with Gasteiger partial charge in [0.2, 0.25) is 5.91 Å². The fraction of sp³-hybridized carbons (Fsp3) is 0.833. The molecule has 0 radical (unpaired) electrons. The Morgan fingerprint density at radius 1 is 1.59 bits per heavy atom. The molecule has 0 heterocycles. The molecule has 1 N–H and O–H groups in total. The fourth-order valence-corrected chi connectivity index (χ4v) is 2.38. The number of ether oxygens (including phenoxy) is 1. The summed E-state index contributed by atoms with van der Waals surface area (Å²) in [5, 5.41) is 18.1. The van der Waals surface area contributed by atoms with Crippen LogP contribution in [0, 0.1) is 22.7 Å². The quantitative estimate of drug-likeness (QED) is 0.729. The summed E-state index contributed by atoms with van der Waals surface area (Å²) in [5.41, 5.74) is -0.859. The minimum Gasteiger partial charge on any atom is -0.395 e. The van der Waals surface area contributed by atoms with Crippen LogP contribution in [-0.2, 0) is 9.53 Å². The van der Waals surface area contributed by atoms with Gasteiger partial charge in [-0.05, 0) is 18.8 Å². The highest BCUT2D eigenvalue weighted by Crippen LogP contribution is 2.46. The maximum atomic E-state index is 12.3. The molecule has 0 aromatic heterocycles. The Morgan fingerprint density at radius 2 is 2.24 bits per heavy atom. The molecule has 0 saturated heterocycles. The van der Waals surface area contributed by atoms with E-state index in [9.17, 15) is 10.1 Å². The minimum atomic E-state index is -0.859. The van der Waals surface area contributed by atoms with E-state index in [0.29, 0.717) is 31.9 Å². The van der Waals surface area contributed by atoms with Crippen LogP contribution in [0.4, 0.5) is 0 Å². The van der Waals surface area contributed by atoms with E-state index in [1.807, 2.05) is 6.92 Å². The molecule has 1 amide bonds. The lowest BCUT2D eigenvalue weighted by atomic mass is 9.62. The van der Waals surface area contributed by atoms with Crippen molar-refractivity contribution in [3.8, 4) is 6.07 Å². The number of carbonyl (C=O) groups excluding carboxylic acids is 1. The smallest absolute Gasteiger partial charge is 0.243 e. The molecule has 0 spiro atoms. The first-order valence-corrected chi connectivity index (χ1v) is 5.90. The van der Waals surface area contributed by atoms with Gasteiger partial charge in [0.05, 0.1) is 19.3 Å². The van der Waals surface area contributed by atoms with Gasteiger partial charge in [-0.25, -0.2) is 0 Å². The van der Waals surface area contributed by atoms with Gasteiger partial charge >= 0.3 is 0 Å². The summed E-state index contributed by atoms with van der Waals surface area (Å²) in [6, 6.07) is 2.15.